The van der Waals surface area contributed by atoms with E-state index in [1.54, 1.807) is 48.5 Å². The molecule has 0 spiro atoms. The van der Waals surface area contributed by atoms with Gasteiger partial charge in [-0.15, -0.1) is 0 Å². The van der Waals surface area contributed by atoms with Crippen LogP contribution in [0.15, 0.2) is 65.6 Å². The molecular weight excluding hydrogens is 388 g/mol. The van der Waals surface area contributed by atoms with Gasteiger partial charge in [0.1, 0.15) is 5.75 Å². The van der Waals surface area contributed by atoms with Gasteiger partial charge in [-0.1, -0.05) is 24.3 Å². The molecule has 0 unspecified atom stereocenters. The summed E-state index contributed by atoms with van der Waals surface area (Å²) in [4.78, 5) is 12.0. The summed E-state index contributed by atoms with van der Waals surface area (Å²) in [5.41, 5.74) is 1.07. The van der Waals surface area contributed by atoms with Crippen LogP contribution in [-0.2, 0) is 14.8 Å². The summed E-state index contributed by atoms with van der Waals surface area (Å²) in [5, 5.41) is 4.18. The molecule has 0 bridgehead atoms. The molecule has 1 saturated carbocycles. The SMILES string of the molecule is CCOc1ccc(S(=O)(=O)Nc2ccc(NC(=O)C3CC3)cc2)c2ccccc12. The zero-order valence-electron chi connectivity index (χ0n) is 16.0. The zero-order chi connectivity index (χ0) is 20.4. The summed E-state index contributed by atoms with van der Waals surface area (Å²) in [6.07, 6.45) is 1.86. The van der Waals surface area contributed by atoms with Crippen LogP contribution in [0.3, 0.4) is 0 Å². The number of carbonyl (C=O) groups excluding carboxylic acids is 1. The van der Waals surface area contributed by atoms with Crippen molar-refractivity contribution >= 4 is 38.1 Å². The smallest absolute Gasteiger partial charge is 0.262 e. The first-order valence-electron chi connectivity index (χ1n) is 9.56. The topological polar surface area (TPSA) is 84.5 Å². The lowest BCUT2D eigenvalue weighted by Crippen LogP contribution is -2.15. The number of nitrogens with one attached hydrogen (secondary N) is 2. The number of hydrogen-bond acceptors (Lipinski definition) is 4. The van der Waals surface area contributed by atoms with Crippen LogP contribution in [0.25, 0.3) is 10.8 Å². The average molecular weight is 410 g/mol. The molecule has 3 aromatic carbocycles. The van der Waals surface area contributed by atoms with Crippen molar-refractivity contribution in [3.63, 3.8) is 0 Å². The molecule has 1 amide bonds. The molecular formula is C22H22N2O4S. The van der Waals surface area contributed by atoms with E-state index >= 15 is 0 Å². The number of amides is 1. The lowest BCUT2D eigenvalue weighted by Gasteiger charge is -2.14. The van der Waals surface area contributed by atoms with Gasteiger partial charge in [-0.25, -0.2) is 8.42 Å². The van der Waals surface area contributed by atoms with Gasteiger partial charge in [-0.3, -0.25) is 9.52 Å². The van der Waals surface area contributed by atoms with Crippen molar-refractivity contribution in [1.29, 1.82) is 0 Å². The van der Waals surface area contributed by atoms with Crippen molar-refractivity contribution < 1.29 is 17.9 Å². The van der Waals surface area contributed by atoms with E-state index < -0.39 is 10.0 Å². The molecule has 0 heterocycles. The maximum absolute atomic E-state index is 13.0. The molecule has 3 aromatic rings. The maximum Gasteiger partial charge on any atom is 0.262 e. The van der Waals surface area contributed by atoms with Crippen molar-refractivity contribution in [1.82, 2.24) is 0 Å². The van der Waals surface area contributed by atoms with E-state index in [9.17, 15) is 13.2 Å². The second-order valence-electron chi connectivity index (χ2n) is 6.99. The number of fused-ring (bicyclic) bond motifs is 1. The lowest BCUT2D eigenvalue weighted by molar-refractivity contribution is -0.117. The first-order chi connectivity index (χ1) is 14.0. The van der Waals surface area contributed by atoms with Gasteiger partial charge in [0.15, 0.2) is 0 Å². The van der Waals surface area contributed by atoms with E-state index in [2.05, 4.69) is 10.0 Å². The number of benzene rings is 3. The summed E-state index contributed by atoms with van der Waals surface area (Å²) in [7, 11) is -3.80. The second-order valence-corrected chi connectivity index (χ2v) is 8.64. The van der Waals surface area contributed by atoms with Gasteiger partial charge in [0, 0.05) is 28.1 Å². The van der Waals surface area contributed by atoms with E-state index in [1.807, 2.05) is 19.1 Å². The molecule has 2 N–H and O–H groups in total. The summed E-state index contributed by atoms with van der Waals surface area (Å²) in [5.74, 6) is 0.776. The van der Waals surface area contributed by atoms with Gasteiger partial charge < -0.3 is 10.1 Å². The highest BCUT2D eigenvalue weighted by molar-refractivity contribution is 7.93. The molecule has 6 nitrogen and oxygen atoms in total. The Hall–Kier alpha value is -3.06. The van der Waals surface area contributed by atoms with Crippen molar-refractivity contribution in [2.45, 2.75) is 24.7 Å². The summed E-state index contributed by atoms with van der Waals surface area (Å²) >= 11 is 0. The standard InChI is InChI=1S/C22H22N2O4S/c1-2-28-20-13-14-21(19-6-4-3-5-18(19)20)29(26,27)24-17-11-9-16(10-12-17)23-22(25)15-7-8-15/h3-6,9-15,24H,2,7-8H2,1H3,(H,23,25). The molecule has 1 aliphatic carbocycles. The van der Waals surface area contributed by atoms with Crippen LogP contribution in [0.4, 0.5) is 11.4 Å². The second kappa shape index (κ2) is 7.75. The Morgan fingerprint density at radius 1 is 0.966 bits per heavy atom. The number of hydrogen-bond donors (Lipinski definition) is 2. The summed E-state index contributed by atoms with van der Waals surface area (Å²) in [6, 6.07) is 17.1. The minimum absolute atomic E-state index is 0.0131. The van der Waals surface area contributed by atoms with Gasteiger partial charge in [-0.05, 0) is 56.2 Å². The first kappa shape index (κ1) is 19.3. The van der Waals surface area contributed by atoms with E-state index in [-0.39, 0.29) is 16.7 Å². The largest absolute Gasteiger partial charge is 0.493 e. The Bertz CT molecular complexity index is 1150. The van der Waals surface area contributed by atoms with Crippen molar-refractivity contribution in [3.05, 3.63) is 60.7 Å². The van der Waals surface area contributed by atoms with Gasteiger partial charge in [0.25, 0.3) is 10.0 Å². The molecule has 0 atom stereocenters. The van der Waals surface area contributed by atoms with Gasteiger partial charge in [0.2, 0.25) is 5.91 Å². The Morgan fingerprint density at radius 3 is 2.28 bits per heavy atom. The Morgan fingerprint density at radius 2 is 1.62 bits per heavy atom. The summed E-state index contributed by atoms with van der Waals surface area (Å²) < 4.78 is 34.3. The Kier molecular flexibility index (Phi) is 5.15. The van der Waals surface area contributed by atoms with E-state index in [4.69, 9.17) is 4.74 Å². The molecule has 0 aromatic heterocycles. The van der Waals surface area contributed by atoms with Crippen molar-refractivity contribution in [2.24, 2.45) is 5.92 Å². The van der Waals surface area contributed by atoms with E-state index in [1.165, 1.54) is 0 Å². The van der Waals surface area contributed by atoms with Gasteiger partial charge >= 0.3 is 0 Å². The third kappa shape index (κ3) is 4.19. The molecule has 4 rings (SSSR count). The fraction of sp³-hybridized carbons (Fsp3) is 0.227. The molecule has 1 fully saturated rings. The molecule has 1 aliphatic rings. The summed E-state index contributed by atoms with van der Waals surface area (Å²) in [6.45, 7) is 2.38. The first-order valence-corrected chi connectivity index (χ1v) is 11.0. The van der Waals surface area contributed by atoms with Crippen LogP contribution in [0.5, 0.6) is 5.75 Å². The van der Waals surface area contributed by atoms with Gasteiger partial charge in [0.05, 0.1) is 11.5 Å². The molecule has 0 aliphatic heterocycles. The minimum atomic E-state index is -3.80. The zero-order valence-corrected chi connectivity index (χ0v) is 16.8. The third-order valence-electron chi connectivity index (χ3n) is 4.79. The highest BCUT2D eigenvalue weighted by Gasteiger charge is 2.29. The quantitative estimate of drug-likeness (QED) is 0.605. The lowest BCUT2D eigenvalue weighted by atomic mass is 10.1. The molecule has 0 radical (unpaired) electrons. The van der Waals surface area contributed by atoms with E-state index in [0.29, 0.717) is 29.1 Å². The predicted molar refractivity (Wildman–Crippen MR) is 114 cm³/mol. The van der Waals surface area contributed by atoms with Crippen LogP contribution < -0.4 is 14.8 Å². The Labute approximate surface area is 169 Å². The minimum Gasteiger partial charge on any atom is -0.493 e. The maximum atomic E-state index is 13.0. The highest BCUT2D eigenvalue weighted by Crippen LogP contribution is 2.32. The molecule has 7 heteroatoms. The van der Waals surface area contributed by atoms with Crippen molar-refractivity contribution in [2.75, 3.05) is 16.6 Å². The number of ether oxygens (including phenoxy) is 1. The fourth-order valence-electron chi connectivity index (χ4n) is 3.18. The van der Waals surface area contributed by atoms with Crippen LogP contribution >= 0.6 is 0 Å². The number of anilines is 2. The van der Waals surface area contributed by atoms with Gasteiger partial charge in [-0.2, -0.15) is 0 Å². The molecule has 150 valence electrons. The normalized spacial score (nSPS) is 13.8. The predicted octanol–water partition coefficient (Wildman–Crippen LogP) is 4.39. The van der Waals surface area contributed by atoms with Crippen LogP contribution in [0.2, 0.25) is 0 Å². The highest BCUT2D eigenvalue weighted by atomic mass is 32.2. The number of rotatable bonds is 7. The number of sulfonamides is 1. The monoisotopic (exact) mass is 410 g/mol. The molecule has 0 saturated heterocycles. The number of carbonyl (C=O) groups is 1. The van der Waals surface area contributed by atoms with E-state index in [0.717, 1.165) is 18.2 Å². The van der Waals surface area contributed by atoms with Crippen LogP contribution in [0.1, 0.15) is 19.8 Å². The van der Waals surface area contributed by atoms with Crippen molar-refractivity contribution in [3.8, 4) is 5.75 Å². The molecule has 29 heavy (non-hydrogen) atoms. The Balaban J connectivity index is 1.59. The fourth-order valence-corrected chi connectivity index (χ4v) is 4.45. The average Bonchev–Trinajstić information content (AvgIpc) is 3.55. The van der Waals surface area contributed by atoms with Crippen LogP contribution in [0, 0.1) is 5.92 Å². The van der Waals surface area contributed by atoms with Crippen LogP contribution in [-0.4, -0.2) is 20.9 Å². The third-order valence-corrected chi connectivity index (χ3v) is 6.23.